The summed E-state index contributed by atoms with van der Waals surface area (Å²) >= 11 is 0. The van der Waals surface area contributed by atoms with Gasteiger partial charge in [0.1, 0.15) is 12.1 Å². The molecule has 0 aliphatic heterocycles. The van der Waals surface area contributed by atoms with Crippen LogP contribution in [-0.4, -0.2) is 45.4 Å². The van der Waals surface area contributed by atoms with Gasteiger partial charge in [-0.05, 0) is 6.92 Å². The van der Waals surface area contributed by atoms with Crippen molar-refractivity contribution >= 4 is 23.4 Å². The molecular weight excluding hydrogens is 348 g/mol. The molecule has 0 bridgehead atoms. The van der Waals surface area contributed by atoms with Gasteiger partial charge >= 0.3 is 5.97 Å². The van der Waals surface area contributed by atoms with Crippen molar-refractivity contribution < 1.29 is 29.1 Å². The summed E-state index contributed by atoms with van der Waals surface area (Å²) in [5.74, 6) is -1.53. The van der Waals surface area contributed by atoms with E-state index in [2.05, 4.69) is 10.4 Å². The van der Waals surface area contributed by atoms with Gasteiger partial charge in [-0.1, -0.05) is 0 Å². The third kappa shape index (κ3) is 4.26. The van der Waals surface area contributed by atoms with Crippen LogP contribution in [0.4, 0.5) is 11.5 Å². The number of amides is 1. The van der Waals surface area contributed by atoms with Gasteiger partial charge in [0.05, 0.1) is 24.7 Å². The second kappa shape index (κ2) is 7.96. The van der Waals surface area contributed by atoms with Crippen LogP contribution >= 0.6 is 0 Å². The van der Waals surface area contributed by atoms with Gasteiger partial charge in [-0.3, -0.25) is 24.4 Å². The zero-order valence-electron chi connectivity index (χ0n) is 14.0. The lowest BCUT2D eigenvalue weighted by Crippen LogP contribution is -2.16. The van der Waals surface area contributed by atoms with E-state index in [1.165, 1.54) is 25.4 Å². The maximum Gasteiger partial charge on any atom is 0.325 e. The largest absolute Gasteiger partial charge is 0.493 e. The van der Waals surface area contributed by atoms with Crippen LogP contribution in [0.15, 0.2) is 24.4 Å². The molecule has 0 fully saturated rings. The monoisotopic (exact) mass is 364 g/mol. The highest BCUT2D eigenvalue weighted by Gasteiger charge is 2.25. The number of aliphatic carboxylic acids is 1. The molecule has 1 aromatic carbocycles. The van der Waals surface area contributed by atoms with E-state index in [1.807, 2.05) is 0 Å². The Bertz CT molecular complexity index is 847. The first-order valence-electron chi connectivity index (χ1n) is 7.41. The minimum atomic E-state index is -1.10. The minimum absolute atomic E-state index is 0.0541. The Morgan fingerprint density at radius 2 is 2.12 bits per heavy atom. The van der Waals surface area contributed by atoms with Crippen LogP contribution in [-0.2, 0) is 11.3 Å². The summed E-state index contributed by atoms with van der Waals surface area (Å²) in [6, 6.07) is 3.69. The number of carbonyl (C=O) groups excluding carboxylic acids is 1. The molecule has 11 heteroatoms. The van der Waals surface area contributed by atoms with E-state index in [1.54, 1.807) is 6.92 Å². The average Bonchev–Trinajstić information content (AvgIpc) is 3.00. The number of carboxylic acid groups (broad SMARTS) is 1. The Morgan fingerprint density at radius 1 is 1.38 bits per heavy atom. The predicted octanol–water partition coefficient (Wildman–Crippen LogP) is 1.54. The van der Waals surface area contributed by atoms with Crippen molar-refractivity contribution in [2.24, 2.45) is 0 Å². The van der Waals surface area contributed by atoms with E-state index in [9.17, 15) is 19.7 Å². The number of benzene rings is 1. The van der Waals surface area contributed by atoms with Gasteiger partial charge in [0.15, 0.2) is 17.3 Å². The van der Waals surface area contributed by atoms with Crippen LogP contribution in [0.5, 0.6) is 11.5 Å². The predicted molar refractivity (Wildman–Crippen MR) is 88.6 cm³/mol. The van der Waals surface area contributed by atoms with E-state index in [0.29, 0.717) is 0 Å². The molecule has 0 atom stereocenters. The number of nitro groups is 1. The van der Waals surface area contributed by atoms with Crippen LogP contribution in [0.1, 0.15) is 17.3 Å². The first-order chi connectivity index (χ1) is 12.3. The number of rotatable bonds is 8. The highest BCUT2D eigenvalue weighted by Crippen LogP contribution is 2.35. The van der Waals surface area contributed by atoms with Crippen LogP contribution in [0.25, 0.3) is 0 Å². The number of ether oxygens (including phenoxy) is 2. The Kier molecular flexibility index (Phi) is 5.73. The standard InChI is InChI=1S/C15H16N4O7/c1-3-26-12-7-10(19(23)24)9(6-11(12)25-2)15(22)16-13-4-5-18(17-13)8-14(20)21/h4-7H,3,8H2,1-2H3,(H,20,21)(H,16,17,22). The number of nitrogens with one attached hydrogen (secondary N) is 1. The lowest BCUT2D eigenvalue weighted by atomic mass is 10.1. The Morgan fingerprint density at radius 3 is 2.69 bits per heavy atom. The van der Waals surface area contributed by atoms with Gasteiger partial charge in [-0.25, -0.2) is 0 Å². The fraction of sp³-hybridized carbons (Fsp3) is 0.267. The molecule has 11 nitrogen and oxygen atoms in total. The van der Waals surface area contributed by atoms with Crippen LogP contribution in [0.2, 0.25) is 0 Å². The number of hydrogen-bond donors (Lipinski definition) is 2. The molecule has 0 radical (unpaired) electrons. The van der Waals surface area contributed by atoms with Gasteiger partial charge < -0.3 is 19.9 Å². The zero-order chi connectivity index (χ0) is 19.3. The van der Waals surface area contributed by atoms with Gasteiger partial charge in [-0.15, -0.1) is 0 Å². The molecule has 26 heavy (non-hydrogen) atoms. The molecule has 0 spiro atoms. The molecule has 0 saturated carbocycles. The first kappa shape index (κ1) is 18.7. The molecule has 2 N–H and O–H groups in total. The second-order valence-corrected chi connectivity index (χ2v) is 4.96. The average molecular weight is 364 g/mol. The number of methoxy groups -OCH3 is 1. The maximum absolute atomic E-state index is 12.4. The Balaban J connectivity index is 2.33. The van der Waals surface area contributed by atoms with Crippen LogP contribution in [0, 0.1) is 10.1 Å². The minimum Gasteiger partial charge on any atom is -0.493 e. The van der Waals surface area contributed by atoms with Crippen LogP contribution < -0.4 is 14.8 Å². The molecule has 0 unspecified atom stereocenters. The summed E-state index contributed by atoms with van der Waals surface area (Å²) < 4.78 is 11.5. The summed E-state index contributed by atoms with van der Waals surface area (Å²) in [5, 5.41) is 26.3. The summed E-state index contributed by atoms with van der Waals surface area (Å²) in [7, 11) is 1.35. The molecule has 2 aromatic rings. The van der Waals surface area contributed by atoms with Crippen LogP contribution in [0.3, 0.4) is 0 Å². The smallest absolute Gasteiger partial charge is 0.325 e. The van der Waals surface area contributed by atoms with Crippen molar-refractivity contribution in [3.63, 3.8) is 0 Å². The molecule has 1 aromatic heterocycles. The van der Waals surface area contributed by atoms with Gasteiger partial charge in [0.2, 0.25) is 0 Å². The fourth-order valence-electron chi connectivity index (χ4n) is 2.15. The van der Waals surface area contributed by atoms with Crippen molar-refractivity contribution in [1.82, 2.24) is 9.78 Å². The number of nitro benzene ring substituents is 1. The molecule has 0 saturated heterocycles. The molecule has 1 amide bonds. The molecule has 0 aliphatic carbocycles. The maximum atomic E-state index is 12.4. The molecule has 1 heterocycles. The highest BCUT2D eigenvalue weighted by atomic mass is 16.6. The number of carbonyl (C=O) groups is 2. The highest BCUT2D eigenvalue weighted by molar-refractivity contribution is 6.07. The van der Waals surface area contributed by atoms with E-state index < -0.39 is 22.5 Å². The second-order valence-electron chi connectivity index (χ2n) is 4.96. The van der Waals surface area contributed by atoms with E-state index >= 15 is 0 Å². The molecule has 2 rings (SSSR count). The van der Waals surface area contributed by atoms with E-state index in [0.717, 1.165) is 10.7 Å². The summed E-state index contributed by atoms with van der Waals surface area (Å²) in [6.45, 7) is 1.59. The number of carboxylic acids is 1. The van der Waals surface area contributed by atoms with Crippen molar-refractivity contribution in [2.75, 3.05) is 19.0 Å². The lowest BCUT2D eigenvalue weighted by molar-refractivity contribution is -0.385. The quantitative estimate of drug-likeness (QED) is 0.530. The number of nitrogens with zero attached hydrogens (tertiary/aromatic N) is 3. The van der Waals surface area contributed by atoms with Crippen molar-refractivity contribution in [3.05, 3.63) is 40.1 Å². The fourth-order valence-corrected chi connectivity index (χ4v) is 2.15. The van der Waals surface area contributed by atoms with E-state index in [-0.39, 0.29) is 36.0 Å². The molecule has 138 valence electrons. The van der Waals surface area contributed by atoms with Gasteiger partial charge in [0, 0.05) is 18.3 Å². The van der Waals surface area contributed by atoms with Crippen molar-refractivity contribution in [1.29, 1.82) is 0 Å². The lowest BCUT2D eigenvalue weighted by Gasteiger charge is -2.11. The number of aromatic nitrogens is 2. The number of anilines is 1. The third-order valence-electron chi connectivity index (χ3n) is 3.20. The molecule has 0 aliphatic rings. The van der Waals surface area contributed by atoms with Gasteiger partial charge in [-0.2, -0.15) is 5.10 Å². The Labute approximate surface area is 147 Å². The SMILES string of the molecule is CCOc1cc([N+](=O)[O-])c(C(=O)Nc2ccn(CC(=O)O)n2)cc1OC. The number of hydrogen-bond acceptors (Lipinski definition) is 7. The van der Waals surface area contributed by atoms with Gasteiger partial charge in [0.25, 0.3) is 11.6 Å². The summed E-state index contributed by atoms with van der Waals surface area (Å²) in [5.41, 5.74) is -0.709. The van der Waals surface area contributed by atoms with E-state index in [4.69, 9.17) is 14.6 Å². The van der Waals surface area contributed by atoms with Crippen molar-refractivity contribution in [2.45, 2.75) is 13.5 Å². The third-order valence-corrected chi connectivity index (χ3v) is 3.20. The Hall–Kier alpha value is -3.63. The topological polar surface area (TPSA) is 146 Å². The molecular formula is C15H16N4O7. The normalized spacial score (nSPS) is 10.2. The first-order valence-corrected chi connectivity index (χ1v) is 7.41. The zero-order valence-corrected chi connectivity index (χ0v) is 14.0. The summed E-state index contributed by atoms with van der Waals surface area (Å²) in [4.78, 5) is 33.7. The summed E-state index contributed by atoms with van der Waals surface area (Å²) in [6.07, 6.45) is 1.36. The van der Waals surface area contributed by atoms with Crippen molar-refractivity contribution in [3.8, 4) is 11.5 Å².